The molecule has 1 aromatic rings. The zero-order valence-corrected chi connectivity index (χ0v) is 14.7. The van der Waals surface area contributed by atoms with Crippen molar-refractivity contribution >= 4 is 17.5 Å². The summed E-state index contributed by atoms with van der Waals surface area (Å²) in [6.07, 6.45) is 5.85. The molecular weight excluding hydrogens is 318 g/mol. The van der Waals surface area contributed by atoms with E-state index >= 15 is 0 Å². The summed E-state index contributed by atoms with van der Waals surface area (Å²) in [5, 5.41) is 0. The average Bonchev–Trinajstić information content (AvgIpc) is 3.17. The van der Waals surface area contributed by atoms with Crippen molar-refractivity contribution in [3.63, 3.8) is 0 Å². The molecular formula is C19H25N3O3. The van der Waals surface area contributed by atoms with E-state index in [2.05, 4.69) is 11.9 Å². The number of anilines is 1. The molecule has 134 valence electrons. The van der Waals surface area contributed by atoms with Crippen LogP contribution in [0.3, 0.4) is 0 Å². The van der Waals surface area contributed by atoms with Crippen molar-refractivity contribution in [3.8, 4) is 0 Å². The number of nitrogens with zero attached hydrogens (tertiary/aromatic N) is 3. The number of hydrogen-bond donors (Lipinski definition) is 0. The molecule has 3 aliphatic rings. The van der Waals surface area contributed by atoms with E-state index in [1.165, 1.54) is 0 Å². The van der Waals surface area contributed by atoms with Crippen molar-refractivity contribution in [2.75, 3.05) is 37.7 Å². The smallest absolute Gasteiger partial charge is 0.235 e. The van der Waals surface area contributed by atoms with Gasteiger partial charge in [0.25, 0.3) is 0 Å². The van der Waals surface area contributed by atoms with Crippen molar-refractivity contribution in [2.45, 2.75) is 26.2 Å². The van der Waals surface area contributed by atoms with E-state index in [9.17, 15) is 9.59 Å². The molecule has 1 aromatic heterocycles. The van der Waals surface area contributed by atoms with E-state index in [4.69, 9.17) is 4.74 Å². The van der Waals surface area contributed by atoms with E-state index in [1.54, 1.807) is 12.4 Å². The maximum Gasteiger partial charge on any atom is 0.235 e. The lowest BCUT2D eigenvalue weighted by Crippen LogP contribution is -2.42. The number of rotatable bonds is 2. The summed E-state index contributed by atoms with van der Waals surface area (Å²) in [5.74, 6) is 0.599. The Labute approximate surface area is 148 Å². The maximum atomic E-state index is 13.2. The molecule has 3 fully saturated rings. The van der Waals surface area contributed by atoms with Crippen molar-refractivity contribution in [1.29, 1.82) is 0 Å². The van der Waals surface area contributed by atoms with Gasteiger partial charge in [-0.05, 0) is 37.3 Å². The molecule has 6 nitrogen and oxygen atoms in total. The highest BCUT2D eigenvalue weighted by atomic mass is 16.5. The third-order valence-electron chi connectivity index (χ3n) is 6.20. The van der Waals surface area contributed by atoms with Gasteiger partial charge in [-0.25, -0.2) is 0 Å². The Balaban J connectivity index is 1.51. The van der Waals surface area contributed by atoms with Crippen molar-refractivity contribution in [3.05, 3.63) is 24.5 Å². The van der Waals surface area contributed by atoms with Gasteiger partial charge in [-0.2, -0.15) is 0 Å². The van der Waals surface area contributed by atoms with E-state index in [-0.39, 0.29) is 23.7 Å². The van der Waals surface area contributed by atoms with Crippen LogP contribution < -0.4 is 4.90 Å². The molecule has 0 aliphatic carbocycles. The molecule has 6 heteroatoms. The Hall–Kier alpha value is -1.95. The first-order valence-electron chi connectivity index (χ1n) is 9.20. The first-order chi connectivity index (χ1) is 12.1. The van der Waals surface area contributed by atoms with Crippen molar-refractivity contribution < 1.29 is 14.3 Å². The molecule has 0 radical (unpaired) electrons. The van der Waals surface area contributed by atoms with E-state index in [1.807, 2.05) is 21.9 Å². The SMILES string of the molecule is C[C@@H]1CN(C(=O)C2CCOCC2)C[C@]12CCN(c1cccnc1)C2=O. The molecule has 0 aromatic carbocycles. The third kappa shape index (κ3) is 2.72. The second kappa shape index (κ2) is 6.41. The van der Waals surface area contributed by atoms with Crippen LogP contribution in [-0.2, 0) is 14.3 Å². The molecule has 2 atom stereocenters. The van der Waals surface area contributed by atoms with Gasteiger partial charge in [0, 0.05) is 45.0 Å². The van der Waals surface area contributed by atoms with Crippen LogP contribution in [0.5, 0.6) is 0 Å². The molecule has 2 amide bonds. The number of aromatic nitrogens is 1. The van der Waals surface area contributed by atoms with Crippen LogP contribution in [0.25, 0.3) is 0 Å². The van der Waals surface area contributed by atoms with Gasteiger partial charge >= 0.3 is 0 Å². The lowest BCUT2D eigenvalue weighted by molar-refractivity contribution is -0.138. The molecule has 0 unspecified atom stereocenters. The third-order valence-corrected chi connectivity index (χ3v) is 6.20. The van der Waals surface area contributed by atoms with Crippen LogP contribution in [0, 0.1) is 17.3 Å². The number of carbonyl (C=O) groups excluding carboxylic acids is 2. The van der Waals surface area contributed by atoms with Gasteiger partial charge in [0.1, 0.15) is 0 Å². The highest BCUT2D eigenvalue weighted by Gasteiger charge is 2.56. The highest BCUT2D eigenvalue weighted by Crippen LogP contribution is 2.46. The van der Waals surface area contributed by atoms with Crippen LogP contribution in [0.15, 0.2) is 24.5 Å². The number of hydrogen-bond acceptors (Lipinski definition) is 4. The molecule has 25 heavy (non-hydrogen) atoms. The van der Waals surface area contributed by atoms with Gasteiger partial charge in [0.2, 0.25) is 11.8 Å². The summed E-state index contributed by atoms with van der Waals surface area (Å²) in [5.41, 5.74) is 0.419. The van der Waals surface area contributed by atoms with Gasteiger partial charge in [-0.1, -0.05) is 6.92 Å². The standard InChI is InChI=1S/C19H25N3O3/c1-14-12-21(17(23)15-4-9-25-10-5-15)13-19(14)6-8-22(18(19)24)16-3-2-7-20-11-16/h2-3,7,11,14-15H,4-6,8-10,12-13H2,1H3/t14-,19-/m1/s1. The Morgan fingerprint density at radius 1 is 1.36 bits per heavy atom. The molecule has 0 saturated carbocycles. The summed E-state index contributed by atoms with van der Waals surface area (Å²) in [4.78, 5) is 34.0. The summed E-state index contributed by atoms with van der Waals surface area (Å²) in [7, 11) is 0. The first-order valence-corrected chi connectivity index (χ1v) is 9.20. The molecule has 4 rings (SSSR count). The zero-order chi connectivity index (χ0) is 17.4. The quantitative estimate of drug-likeness (QED) is 0.820. The first kappa shape index (κ1) is 16.5. The normalized spacial score (nSPS) is 30.4. The lowest BCUT2D eigenvalue weighted by Gasteiger charge is -2.28. The maximum absolute atomic E-state index is 13.2. The lowest BCUT2D eigenvalue weighted by atomic mass is 9.78. The van der Waals surface area contributed by atoms with Gasteiger partial charge in [-0.3, -0.25) is 14.6 Å². The van der Waals surface area contributed by atoms with Gasteiger partial charge in [0.05, 0.1) is 17.3 Å². The van der Waals surface area contributed by atoms with Crippen molar-refractivity contribution in [1.82, 2.24) is 9.88 Å². The van der Waals surface area contributed by atoms with Crippen LogP contribution in [0.4, 0.5) is 5.69 Å². The fourth-order valence-electron chi connectivity index (χ4n) is 4.59. The fourth-order valence-corrected chi connectivity index (χ4v) is 4.59. The minimum atomic E-state index is -0.434. The Morgan fingerprint density at radius 2 is 2.16 bits per heavy atom. The molecule has 3 saturated heterocycles. The van der Waals surface area contributed by atoms with Gasteiger partial charge < -0.3 is 14.5 Å². The summed E-state index contributed by atoms with van der Waals surface area (Å²) in [6, 6.07) is 3.78. The predicted octanol–water partition coefficient (Wildman–Crippen LogP) is 1.71. The summed E-state index contributed by atoms with van der Waals surface area (Å²) < 4.78 is 5.37. The van der Waals surface area contributed by atoms with Gasteiger partial charge in [0.15, 0.2) is 0 Å². The Kier molecular flexibility index (Phi) is 4.23. The number of pyridine rings is 1. The Bertz CT molecular complexity index is 659. The van der Waals surface area contributed by atoms with Crippen LogP contribution in [0.2, 0.25) is 0 Å². The molecule has 0 bridgehead atoms. The second-order valence-corrected chi connectivity index (χ2v) is 7.58. The van der Waals surface area contributed by atoms with Crippen LogP contribution >= 0.6 is 0 Å². The minimum Gasteiger partial charge on any atom is -0.381 e. The molecule has 4 heterocycles. The average molecular weight is 343 g/mol. The fraction of sp³-hybridized carbons (Fsp3) is 0.632. The predicted molar refractivity (Wildman–Crippen MR) is 92.9 cm³/mol. The summed E-state index contributed by atoms with van der Waals surface area (Å²) in [6.45, 7) is 5.39. The molecule has 3 aliphatic heterocycles. The second-order valence-electron chi connectivity index (χ2n) is 7.58. The van der Waals surface area contributed by atoms with E-state index in [0.29, 0.717) is 32.8 Å². The number of likely N-dealkylation sites (tertiary alicyclic amines) is 1. The van der Waals surface area contributed by atoms with Crippen LogP contribution in [-0.4, -0.2) is 54.5 Å². The van der Waals surface area contributed by atoms with E-state index in [0.717, 1.165) is 24.9 Å². The number of ether oxygens (including phenoxy) is 1. The molecule has 0 N–H and O–H groups in total. The monoisotopic (exact) mass is 343 g/mol. The largest absolute Gasteiger partial charge is 0.381 e. The zero-order valence-electron chi connectivity index (χ0n) is 14.7. The van der Waals surface area contributed by atoms with E-state index < -0.39 is 5.41 Å². The minimum absolute atomic E-state index is 0.0574. The molecule has 1 spiro atoms. The van der Waals surface area contributed by atoms with Crippen molar-refractivity contribution in [2.24, 2.45) is 17.3 Å². The highest BCUT2D eigenvalue weighted by molar-refractivity contribution is 6.01. The number of carbonyl (C=O) groups is 2. The van der Waals surface area contributed by atoms with Crippen LogP contribution in [0.1, 0.15) is 26.2 Å². The topological polar surface area (TPSA) is 62.7 Å². The van der Waals surface area contributed by atoms with Gasteiger partial charge in [-0.15, -0.1) is 0 Å². The number of amides is 2. The summed E-state index contributed by atoms with van der Waals surface area (Å²) >= 11 is 0. The Morgan fingerprint density at radius 3 is 2.88 bits per heavy atom.